The predicted octanol–water partition coefficient (Wildman–Crippen LogP) is 9.12. The molecule has 1 aromatic rings. The fourth-order valence-corrected chi connectivity index (χ4v) is 11.8. The van der Waals surface area contributed by atoms with E-state index in [1.165, 1.54) is 16.5 Å². The van der Waals surface area contributed by atoms with E-state index in [0.717, 1.165) is 82.5 Å². The van der Waals surface area contributed by atoms with E-state index in [1.807, 2.05) is 88.2 Å². The van der Waals surface area contributed by atoms with Crippen LogP contribution in [0.3, 0.4) is 0 Å². The van der Waals surface area contributed by atoms with Crippen LogP contribution in [0.1, 0.15) is 181 Å². The average Bonchev–Trinajstić information content (AvgIpc) is 3.28. The van der Waals surface area contributed by atoms with Gasteiger partial charge in [-0.1, -0.05) is 87.9 Å². The number of carbonyl (C=O) groups is 4. The minimum atomic E-state index is -1.42. The molecule has 0 saturated heterocycles. The van der Waals surface area contributed by atoms with Crippen LogP contribution in [-0.2, 0) is 24.0 Å². The number of pyridine rings is 1. The lowest BCUT2D eigenvalue weighted by Crippen LogP contribution is -2.47. The topological polar surface area (TPSA) is 208 Å². The number of hydroxylamine groups is 2. The third-order valence-electron chi connectivity index (χ3n) is 11.7. The highest BCUT2D eigenvalue weighted by Gasteiger charge is 2.31. The second-order valence-corrected chi connectivity index (χ2v) is 31.6. The number of thioether (sulfide) groups is 1. The molecule has 0 fully saturated rings. The van der Waals surface area contributed by atoms with Crippen molar-refractivity contribution in [1.29, 1.82) is 0 Å². The van der Waals surface area contributed by atoms with Crippen molar-refractivity contribution >= 4 is 77.9 Å². The zero-order chi connectivity index (χ0) is 56.8. The maximum Gasteiger partial charge on any atom is 0.407 e. The molecule has 3 amide bonds. The molecule has 17 nitrogen and oxygen atoms in total. The molecule has 0 aliphatic rings. The second kappa shape index (κ2) is 36.2. The average molecular weight is 1130 g/mol. The summed E-state index contributed by atoms with van der Waals surface area (Å²) in [4.78, 5) is 66.6. The summed E-state index contributed by atoms with van der Waals surface area (Å²) in [5.74, 6) is 0.722. The standard InChI is InChI=1S/C54H101N9O8S3Si/c1-40(59-42(39-56-12)26-19-20-30-58-51(67)69-52(2,3)4)45-28-27-44(50(63(45)68)74-34-35-75(13,14)15)49(66)57-31-23-33-62(48(65)38-47(73)61-71-54(8,9)10)32-21-17-16-18-24-41(25-22-29-55-11)36-43(64)37-46(72)60-70-53(5,6)7/h27-28,40-42,55-56,59H,16-26,29-39H2,1-15H3,(H4-,57,58,60,61,66,67,68,72,73)/p+1/t40?,41?,42-/m0/s1. The van der Waals surface area contributed by atoms with Gasteiger partial charge in [0.2, 0.25) is 5.91 Å². The molecule has 0 saturated carbocycles. The van der Waals surface area contributed by atoms with E-state index in [1.54, 1.807) is 12.1 Å². The summed E-state index contributed by atoms with van der Waals surface area (Å²) >= 11 is 12.4. The number of rotatable bonds is 38. The van der Waals surface area contributed by atoms with E-state index in [-0.39, 0.29) is 48.4 Å². The molecule has 2 unspecified atom stereocenters. The largest absolute Gasteiger partial charge is 0.444 e. The monoisotopic (exact) mass is 1130 g/mol. The first-order chi connectivity index (χ1) is 34.9. The fraction of sp³-hybridized carbons (Fsp3) is 0.796. The van der Waals surface area contributed by atoms with Crippen LogP contribution < -0.4 is 42.3 Å². The first kappa shape index (κ1) is 70.0. The number of likely N-dealkylation sites (N-methyl/N-ethyl adjacent to an activating group) is 1. The number of unbranched alkanes of at least 4 members (excludes halogenated alkanes) is 4. The van der Waals surface area contributed by atoms with Crippen molar-refractivity contribution in [3.63, 3.8) is 0 Å². The summed E-state index contributed by atoms with van der Waals surface area (Å²) in [5, 5.41) is 28.4. The lowest BCUT2D eigenvalue weighted by atomic mass is 9.90. The first-order valence-corrected chi connectivity index (χ1v) is 32.9. The van der Waals surface area contributed by atoms with Crippen LogP contribution in [-0.4, -0.2) is 134 Å². The normalized spacial score (nSPS) is 13.4. The minimum Gasteiger partial charge on any atom is -0.444 e. The van der Waals surface area contributed by atoms with E-state index < -0.39 is 31.0 Å². The van der Waals surface area contributed by atoms with Gasteiger partial charge in [0.25, 0.3) is 11.6 Å². The van der Waals surface area contributed by atoms with Crippen LogP contribution in [0.5, 0.6) is 0 Å². The van der Waals surface area contributed by atoms with Crippen LogP contribution in [0.2, 0.25) is 25.7 Å². The maximum absolute atomic E-state index is 14.0. The molecule has 0 bridgehead atoms. The Morgan fingerprint density at radius 1 is 0.733 bits per heavy atom. The van der Waals surface area contributed by atoms with Gasteiger partial charge in [0, 0.05) is 69.8 Å². The summed E-state index contributed by atoms with van der Waals surface area (Å²) in [6.07, 6.45) is 9.78. The van der Waals surface area contributed by atoms with Gasteiger partial charge in [0.15, 0.2) is 0 Å². The van der Waals surface area contributed by atoms with Crippen molar-refractivity contribution in [2.75, 3.05) is 59.1 Å². The summed E-state index contributed by atoms with van der Waals surface area (Å²) < 4.78 is 6.53. The van der Waals surface area contributed by atoms with Gasteiger partial charge in [0.1, 0.15) is 26.9 Å². The molecule has 0 spiro atoms. The highest BCUT2D eigenvalue weighted by atomic mass is 32.2. The van der Waals surface area contributed by atoms with Gasteiger partial charge in [-0.15, -0.1) is 0 Å². The van der Waals surface area contributed by atoms with Gasteiger partial charge in [-0.05, 0) is 146 Å². The number of alkyl carbamates (subject to hydrolysis) is 1. The highest BCUT2D eigenvalue weighted by Crippen LogP contribution is 2.26. The Balaban J connectivity index is 3.07. The molecule has 8 N–H and O–H groups in total. The van der Waals surface area contributed by atoms with E-state index in [4.69, 9.17) is 38.8 Å². The Morgan fingerprint density at radius 2 is 1.32 bits per heavy atom. The number of aromatic nitrogens is 1. The third-order valence-corrected chi connectivity index (χ3v) is 15.3. The van der Waals surface area contributed by atoms with Crippen molar-refractivity contribution < 1.29 is 43.5 Å². The number of carbonyl (C=O) groups excluding carboxylic acids is 4. The number of ketones is 1. The van der Waals surface area contributed by atoms with Gasteiger partial charge in [-0.3, -0.25) is 40.2 Å². The SMILES string of the molecule is CNCCCC(CCCCCCN(CCCNC(=O)c1ccc(C(C)N[C@@H](CCCCNC(=O)OC(C)(C)C)CNC)[n+](O)c1SCC[Si](C)(C)C)C(=O)CC(=S)NOC(C)(C)C)CC(=O)CC(=S)NOC(C)(C)C. The van der Waals surface area contributed by atoms with Crippen molar-refractivity contribution in [2.45, 2.75) is 219 Å². The van der Waals surface area contributed by atoms with Crippen molar-refractivity contribution in [1.82, 2.24) is 42.4 Å². The van der Waals surface area contributed by atoms with Gasteiger partial charge in [0.05, 0.1) is 30.1 Å². The molecule has 0 aliphatic carbocycles. The number of ether oxygens (including phenoxy) is 1. The summed E-state index contributed by atoms with van der Waals surface area (Å²) in [6, 6.07) is 4.45. The molecule has 0 aliphatic heterocycles. The van der Waals surface area contributed by atoms with E-state index in [0.29, 0.717) is 71.8 Å². The molecule has 432 valence electrons. The third kappa shape index (κ3) is 35.2. The summed E-state index contributed by atoms with van der Waals surface area (Å²) in [7, 11) is 2.42. The lowest BCUT2D eigenvalue weighted by molar-refractivity contribution is -0.937. The minimum absolute atomic E-state index is 0.00144. The molecule has 0 aromatic carbocycles. The quantitative estimate of drug-likeness (QED) is 0.00591. The van der Waals surface area contributed by atoms with E-state index >= 15 is 0 Å². The van der Waals surface area contributed by atoms with Gasteiger partial charge < -0.3 is 36.2 Å². The van der Waals surface area contributed by atoms with Crippen LogP contribution in [0.4, 0.5) is 4.79 Å². The van der Waals surface area contributed by atoms with Crippen molar-refractivity contribution in [3.8, 4) is 0 Å². The number of hydrogen-bond acceptors (Lipinski definition) is 14. The number of Topliss-reactive ketones (excluding diaryl/α,β-unsaturated/α-hetero) is 1. The van der Waals surface area contributed by atoms with Gasteiger partial charge in [-0.2, -0.15) is 0 Å². The molecule has 1 aromatic heterocycles. The zero-order valence-electron chi connectivity index (χ0n) is 48.9. The molecule has 1 rings (SSSR count). The molecule has 0 radical (unpaired) electrons. The number of amides is 3. The predicted molar refractivity (Wildman–Crippen MR) is 315 cm³/mol. The van der Waals surface area contributed by atoms with Gasteiger partial charge in [-0.25, -0.2) is 4.79 Å². The Kier molecular flexibility index (Phi) is 33.8. The highest BCUT2D eigenvalue weighted by molar-refractivity contribution is 7.99. The Hall–Kier alpha value is -3.02. The van der Waals surface area contributed by atoms with Crippen LogP contribution in [0.25, 0.3) is 0 Å². The summed E-state index contributed by atoms with van der Waals surface area (Å²) in [6.45, 7) is 29.3. The number of hydrogen-bond donors (Lipinski definition) is 8. The molecular formula is C54H102N9O8S3Si+. The smallest absolute Gasteiger partial charge is 0.407 e. The first-order valence-electron chi connectivity index (χ1n) is 27.4. The zero-order valence-corrected chi connectivity index (χ0v) is 52.3. The van der Waals surface area contributed by atoms with Crippen LogP contribution in [0, 0.1) is 5.92 Å². The molecule has 1 heterocycles. The summed E-state index contributed by atoms with van der Waals surface area (Å²) in [5.41, 5.74) is 5.11. The van der Waals surface area contributed by atoms with Crippen LogP contribution in [0.15, 0.2) is 17.2 Å². The molecular weight excluding hydrogens is 1030 g/mol. The van der Waals surface area contributed by atoms with Crippen molar-refractivity contribution in [3.05, 3.63) is 23.4 Å². The molecule has 3 atom stereocenters. The van der Waals surface area contributed by atoms with Gasteiger partial charge >= 0.3 is 11.1 Å². The number of thiocarbonyl (C=S) groups is 2. The number of nitrogens with zero attached hydrogens (tertiary/aromatic N) is 2. The van der Waals surface area contributed by atoms with E-state index in [2.05, 4.69) is 57.2 Å². The Morgan fingerprint density at radius 3 is 1.92 bits per heavy atom. The number of nitrogens with one attached hydrogen (secondary N) is 7. The second-order valence-electron chi connectivity index (χ2n) is 23.9. The van der Waals surface area contributed by atoms with Crippen LogP contribution >= 0.6 is 36.2 Å². The van der Waals surface area contributed by atoms with E-state index in [9.17, 15) is 24.4 Å². The lowest BCUT2D eigenvalue weighted by Gasteiger charge is -2.24. The molecule has 75 heavy (non-hydrogen) atoms. The fourth-order valence-electron chi connectivity index (χ4n) is 7.83. The Bertz CT molecular complexity index is 1890. The maximum atomic E-state index is 14.0. The Labute approximate surface area is 468 Å². The van der Waals surface area contributed by atoms with Crippen molar-refractivity contribution in [2.24, 2.45) is 5.92 Å². The molecule has 21 heteroatoms.